The van der Waals surface area contributed by atoms with Crippen LogP contribution in [0.2, 0.25) is 0 Å². The minimum absolute atomic E-state index is 0.334. The monoisotopic (exact) mass is 366 g/mol. The van der Waals surface area contributed by atoms with Crippen molar-refractivity contribution in [2.24, 2.45) is 0 Å². The van der Waals surface area contributed by atoms with E-state index in [0.29, 0.717) is 0 Å². The molecule has 2 N–H and O–H groups in total. The third-order valence-electron chi connectivity index (χ3n) is 3.16. The van der Waals surface area contributed by atoms with Crippen molar-refractivity contribution in [3.8, 4) is 0 Å². The molecular formula is C14H8F5O4P. The van der Waals surface area contributed by atoms with Gasteiger partial charge in [-0.3, -0.25) is 9.36 Å². The molecule has 0 saturated heterocycles. The maximum absolute atomic E-state index is 13.7. The number of Topliss-reactive ketones (excluding diaryl/α,β-unsaturated/α-hetero) is 1. The summed E-state index contributed by atoms with van der Waals surface area (Å²) in [6.45, 7) is 0. The summed E-state index contributed by atoms with van der Waals surface area (Å²) in [5.74, 6) is -14.1. The van der Waals surface area contributed by atoms with Gasteiger partial charge in [-0.2, -0.15) is 0 Å². The molecule has 2 aromatic rings. The predicted octanol–water partition coefficient (Wildman–Crippen LogP) is 3.48. The van der Waals surface area contributed by atoms with E-state index < -0.39 is 53.7 Å². The van der Waals surface area contributed by atoms with E-state index >= 15 is 0 Å². The lowest BCUT2D eigenvalue weighted by atomic mass is 10.0. The fraction of sp³-hybridized carbons (Fsp3) is 0.0714. The summed E-state index contributed by atoms with van der Waals surface area (Å²) in [6.07, 6.45) is 0. The number of rotatable bonds is 4. The van der Waals surface area contributed by atoms with Gasteiger partial charge in [0.2, 0.25) is 5.82 Å². The molecule has 0 bridgehead atoms. The van der Waals surface area contributed by atoms with Crippen molar-refractivity contribution in [3.63, 3.8) is 0 Å². The van der Waals surface area contributed by atoms with Gasteiger partial charge in [0.25, 0.3) is 0 Å². The summed E-state index contributed by atoms with van der Waals surface area (Å²) >= 11 is 0. The Bertz CT molecular complexity index is 821. The highest BCUT2D eigenvalue weighted by Gasteiger charge is 2.42. The Morgan fingerprint density at radius 1 is 0.833 bits per heavy atom. The van der Waals surface area contributed by atoms with Gasteiger partial charge in [-0.1, -0.05) is 30.3 Å². The summed E-state index contributed by atoms with van der Waals surface area (Å²) in [4.78, 5) is 30.9. The third kappa shape index (κ3) is 3.10. The summed E-state index contributed by atoms with van der Waals surface area (Å²) in [6, 6.07) is 6.15. The Morgan fingerprint density at radius 3 is 1.67 bits per heavy atom. The Kier molecular flexibility index (Phi) is 4.89. The van der Waals surface area contributed by atoms with Crippen LogP contribution in [0.5, 0.6) is 0 Å². The molecule has 0 aliphatic heterocycles. The number of carbonyl (C=O) groups excluding carboxylic acids is 1. The lowest BCUT2D eigenvalue weighted by Crippen LogP contribution is -2.19. The summed E-state index contributed by atoms with van der Waals surface area (Å²) < 4.78 is 78.5. The maximum atomic E-state index is 13.7. The van der Waals surface area contributed by atoms with Gasteiger partial charge in [-0.15, -0.1) is 0 Å². The van der Waals surface area contributed by atoms with Crippen LogP contribution in [0.15, 0.2) is 30.3 Å². The van der Waals surface area contributed by atoms with E-state index in [1.54, 1.807) is 0 Å². The molecule has 1 atom stereocenters. The summed E-state index contributed by atoms with van der Waals surface area (Å²) in [5, 5.41) is 0. The molecule has 0 radical (unpaired) electrons. The normalized spacial score (nSPS) is 13.0. The highest BCUT2D eigenvalue weighted by molar-refractivity contribution is 7.53. The minimum Gasteiger partial charge on any atom is -0.324 e. The molecule has 128 valence electrons. The Labute approximate surface area is 131 Å². The topological polar surface area (TPSA) is 74.6 Å². The van der Waals surface area contributed by atoms with Crippen LogP contribution in [-0.2, 0) is 4.57 Å². The van der Waals surface area contributed by atoms with Crippen molar-refractivity contribution in [1.82, 2.24) is 0 Å². The molecule has 0 aliphatic rings. The molecule has 0 heterocycles. The van der Waals surface area contributed by atoms with E-state index in [4.69, 9.17) is 0 Å². The smallest absolute Gasteiger partial charge is 0.324 e. The first-order valence-electron chi connectivity index (χ1n) is 6.23. The van der Waals surface area contributed by atoms with Crippen LogP contribution in [0.25, 0.3) is 0 Å². The molecule has 2 rings (SSSR count). The van der Waals surface area contributed by atoms with Crippen molar-refractivity contribution < 1.29 is 41.1 Å². The second kappa shape index (κ2) is 6.43. The Hall–Kier alpha value is -2.09. The second-order valence-electron chi connectivity index (χ2n) is 4.71. The van der Waals surface area contributed by atoms with Crippen molar-refractivity contribution in [1.29, 1.82) is 0 Å². The molecule has 24 heavy (non-hydrogen) atoms. The van der Waals surface area contributed by atoms with Gasteiger partial charge in [0, 0.05) is 0 Å². The van der Waals surface area contributed by atoms with Crippen LogP contribution in [0.4, 0.5) is 22.0 Å². The van der Waals surface area contributed by atoms with E-state index in [1.165, 1.54) is 18.2 Å². The Morgan fingerprint density at radius 2 is 1.25 bits per heavy atom. The first-order valence-corrected chi connectivity index (χ1v) is 7.91. The number of hydrogen-bond donors (Lipinski definition) is 2. The Balaban J connectivity index is 2.72. The molecule has 10 heteroatoms. The largest absolute Gasteiger partial charge is 0.340 e. The van der Waals surface area contributed by atoms with Gasteiger partial charge in [-0.25, -0.2) is 22.0 Å². The van der Waals surface area contributed by atoms with Gasteiger partial charge in [0.05, 0.1) is 5.56 Å². The summed E-state index contributed by atoms with van der Waals surface area (Å²) in [5.41, 5.74) is -4.64. The SMILES string of the molecule is O=C(c1c(F)c(F)c(F)c(F)c1F)C(c1ccccc1)P(=O)(O)O. The molecule has 0 aromatic heterocycles. The van der Waals surface area contributed by atoms with E-state index in [0.717, 1.165) is 12.1 Å². The predicted molar refractivity (Wildman–Crippen MR) is 71.8 cm³/mol. The third-order valence-corrected chi connectivity index (χ3v) is 4.36. The molecular weight excluding hydrogens is 358 g/mol. The van der Waals surface area contributed by atoms with Crippen LogP contribution in [0, 0.1) is 29.1 Å². The number of benzene rings is 2. The number of halogens is 5. The molecule has 0 fully saturated rings. The first-order chi connectivity index (χ1) is 11.1. The molecule has 2 aromatic carbocycles. The molecule has 0 saturated carbocycles. The fourth-order valence-corrected chi connectivity index (χ4v) is 3.09. The van der Waals surface area contributed by atoms with Gasteiger partial charge >= 0.3 is 7.60 Å². The van der Waals surface area contributed by atoms with Crippen LogP contribution in [0.1, 0.15) is 21.6 Å². The van der Waals surface area contributed by atoms with Gasteiger partial charge in [0.15, 0.2) is 29.1 Å². The minimum atomic E-state index is -5.32. The van der Waals surface area contributed by atoms with Crippen molar-refractivity contribution >= 4 is 13.4 Å². The highest BCUT2D eigenvalue weighted by Crippen LogP contribution is 2.53. The first kappa shape index (κ1) is 18.3. The molecule has 0 aliphatic carbocycles. The van der Waals surface area contributed by atoms with Gasteiger partial charge < -0.3 is 9.79 Å². The molecule has 4 nitrogen and oxygen atoms in total. The highest BCUT2D eigenvalue weighted by atomic mass is 31.2. The standard InChI is InChI=1S/C14H8F5O4P/c15-8-7(9(16)11(18)12(19)10(8)17)13(20)14(24(21,22)23)6-4-2-1-3-5-6/h1-5,14H,(H2,21,22,23). The van der Waals surface area contributed by atoms with E-state index in [9.17, 15) is 41.1 Å². The number of carbonyl (C=O) groups is 1. The van der Waals surface area contributed by atoms with Crippen LogP contribution in [0.3, 0.4) is 0 Å². The zero-order chi connectivity index (χ0) is 18.2. The molecule has 0 spiro atoms. The van der Waals surface area contributed by atoms with Crippen molar-refractivity contribution in [2.75, 3.05) is 0 Å². The van der Waals surface area contributed by atoms with E-state index in [2.05, 4.69) is 0 Å². The van der Waals surface area contributed by atoms with Gasteiger partial charge in [0.1, 0.15) is 5.66 Å². The molecule has 0 amide bonds. The van der Waals surface area contributed by atoms with Crippen LogP contribution >= 0.6 is 7.60 Å². The average Bonchev–Trinajstić information content (AvgIpc) is 2.51. The van der Waals surface area contributed by atoms with Crippen LogP contribution in [-0.4, -0.2) is 15.6 Å². The van der Waals surface area contributed by atoms with Crippen molar-refractivity contribution in [2.45, 2.75) is 5.66 Å². The fourth-order valence-electron chi connectivity index (χ4n) is 2.09. The number of ketones is 1. The maximum Gasteiger partial charge on any atom is 0.340 e. The van der Waals surface area contributed by atoms with Gasteiger partial charge in [-0.05, 0) is 5.56 Å². The molecule has 1 unspecified atom stereocenters. The zero-order valence-corrected chi connectivity index (χ0v) is 12.4. The van der Waals surface area contributed by atoms with E-state index in [1.807, 2.05) is 0 Å². The zero-order valence-electron chi connectivity index (χ0n) is 11.5. The van der Waals surface area contributed by atoms with E-state index in [-0.39, 0.29) is 5.56 Å². The van der Waals surface area contributed by atoms with Crippen molar-refractivity contribution in [3.05, 3.63) is 70.5 Å². The average molecular weight is 366 g/mol. The quantitative estimate of drug-likeness (QED) is 0.286. The lowest BCUT2D eigenvalue weighted by Gasteiger charge is -2.18. The summed E-state index contributed by atoms with van der Waals surface area (Å²) in [7, 11) is -5.32. The van der Waals surface area contributed by atoms with Crippen LogP contribution < -0.4 is 0 Å². The lowest BCUT2D eigenvalue weighted by molar-refractivity contribution is 0.0966. The second-order valence-corrected chi connectivity index (χ2v) is 6.41. The number of hydrogen-bond acceptors (Lipinski definition) is 2.